The van der Waals surface area contributed by atoms with Crippen LogP contribution in [0.4, 0.5) is 0 Å². The Bertz CT molecular complexity index is 1020. The summed E-state index contributed by atoms with van der Waals surface area (Å²) in [6.07, 6.45) is 1.80. The quantitative estimate of drug-likeness (QED) is 0.510. The number of carbonyl (C=O) groups is 2. The largest absolute Gasteiger partial charge is 0.497 e. The van der Waals surface area contributed by atoms with Crippen molar-refractivity contribution in [3.63, 3.8) is 0 Å². The van der Waals surface area contributed by atoms with Gasteiger partial charge < -0.3 is 10.1 Å². The van der Waals surface area contributed by atoms with Crippen LogP contribution in [0, 0.1) is 0 Å². The first kappa shape index (κ1) is 23.0. The molecule has 1 fully saturated rings. The van der Waals surface area contributed by atoms with E-state index in [1.807, 2.05) is 48.5 Å². The minimum atomic E-state index is -0.169. The molecule has 0 spiro atoms. The molecule has 0 bridgehead atoms. The Morgan fingerprint density at radius 3 is 2.55 bits per heavy atom. The Morgan fingerprint density at radius 2 is 1.90 bits per heavy atom. The SMILES string of the molecule is COc1cccc(/C=C2/SC(=S)N(CCNC(=O)c3ccc(C(C)(C)C)cc3)C2=O)c1. The second kappa shape index (κ2) is 9.66. The molecule has 2 amide bonds. The molecule has 1 aliphatic heterocycles. The van der Waals surface area contributed by atoms with E-state index in [1.165, 1.54) is 22.2 Å². The molecule has 1 aliphatic rings. The third-order valence-electron chi connectivity index (χ3n) is 4.90. The molecule has 0 unspecified atom stereocenters. The Labute approximate surface area is 192 Å². The Hall–Kier alpha value is -2.64. The molecule has 1 N–H and O–H groups in total. The number of amides is 2. The molecule has 0 radical (unpaired) electrons. The molecule has 3 rings (SSSR count). The first-order valence-electron chi connectivity index (χ1n) is 9.97. The van der Waals surface area contributed by atoms with Gasteiger partial charge in [0.05, 0.1) is 12.0 Å². The van der Waals surface area contributed by atoms with Gasteiger partial charge in [0.25, 0.3) is 11.8 Å². The zero-order chi connectivity index (χ0) is 22.6. The highest BCUT2D eigenvalue weighted by atomic mass is 32.2. The van der Waals surface area contributed by atoms with Gasteiger partial charge in [-0.3, -0.25) is 14.5 Å². The van der Waals surface area contributed by atoms with Crippen molar-refractivity contribution >= 4 is 46.2 Å². The second-order valence-corrected chi connectivity index (χ2v) is 9.87. The number of hydrogen-bond acceptors (Lipinski definition) is 5. The van der Waals surface area contributed by atoms with Gasteiger partial charge in [0, 0.05) is 18.7 Å². The number of carbonyl (C=O) groups excluding carboxylic acids is 2. The van der Waals surface area contributed by atoms with Gasteiger partial charge in [-0.15, -0.1) is 0 Å². The van der Waals surface area contributed by atoms with Crippen molar-refractivity contribution in [3.05, 3.63) is 70.1 Å². The van der Waals surface area contributed by atoms with Gasteiger partial charge in [0.1, 0.15) is 10.1 Å². The van der Waals surface area contributed by atoms with Crippen LogP contribution in [0.15, 0.2) is 53.4 Å². The summed E-state index contributed by atoms with van der Waals surface area (Å²) >= 11 is 6.64. The molecule has 0 saturated carbocycles. The van der Waals surface area contributed by atoms with E-state index in [0.717, 1.165) is 11.3 Å². The molecule has 5 nitrogen and oxygen atoms in total. The van der Waals surface area contributed by atoms with Gasteiger partial charge in [0.15, 0.2) is 0 Å². The van der Waals surface area contributed by atoms with Crippen LogP contribution in [0.3, 0.4) is 0 Å². The Morgan fingerprint density at radius 1 is 1.19 bits per heavy atom. The van der Waals surface area contributed by atoms with Gasteiger partial charge in [0.2, 0.25) is 0 Å². The molecule has 7 heteroatoms. The molecule has 2 aromatic rings. The lowest BCUT2D eigenvalue weighted by Gasteiger charge is -2.19. The molecular formula is C24H26N2O3S2. The standard InChI is InChI=1S/C24H26N2O3S2/c1-24(2,3)18-10-8-17(9-11-18)21(27)25-12-13-26-22(28)20(31-23(26)30)15-16-6-5-7-19(14-16)29-4/h5-11,14-15H,12-13H2,1-4H3,(H,25,27)/b20-15+. The molecule has 31 heavy (non-hydrogen) atoms. The lowest BCUT2D eigenvalue weighted by Crippen LogP contribution is -2.37. The van der Waals surface area contributed by atoms with Crippen LogP contribution in [-0.2, 0) is 10.2 Å². The van der Waals surface area contributed by atoms with E-state index in [4.69, 9.17) is 17.0 Å². The molecule has 2 aromatic carbocycles. The first-order valence-corrected chi connectivity index (χ1v) is 11.2. The summed E-state index contributed by atoms with van der Waals surface area (Å²) in [5.41, 5.74) is 2.67. The van der Waals surface area contributed by atoms with E-state index < -0.39 is 0 Å². The van der Waals surface area contributed by atoms with Crippen LogP contribution >= 0.6 is 24.0 Å². The van der Waals surface area contributed by atoms with Crippen molar-refractivity contribution in [3.8, 4) is 5.75 Å². The lowest BCUT2D eigenvalue weighted by molar-refractivity contribution is -0.122. The monoisotopic (exact) mass is 454 g/mol. The molecular weight excluding hydrogens is 428 g/mol. The van der Waals surface area contributed by atoms with Crippen LogP contribution in [0.1, 0.15) is 42.3 Å². The van der Waals surface area contributed by atoms with Crippen molar-refractivity contribution in [2.45, 2.75) is 26.2 Å². The normalized spacial score (nSPS) is 15.5. The van der Waals surface area contributed by atoms with E-state index in [1.54, 1.807) is 13.2 Å². The number of rotatable bonds is 6. The van der Waals surface area contributed by atoms with Crippen LogP contribution in [-0.4, -0.2) is 41.2 Å². The number of thioether (sulfide) groups is 1. The number of thiocarbonyl (C=S) groups is 1. The van der Waals surface area contributed by atoms with E-state index >= 15 is 0 Å². The highest BCUT2D eigenvalue weighted by Crippen LogP contribution is 2.32. The average molecular weight is 455 g/mol. The van der Waals surface area contributed by atoms with E-state index in [0.29, 0.717) is 27.9 Å². The van der Waals surface area contributed by atoms with E-state index in [-0.39, 0.29) is 17.2 Å². The minimum absolute atomic E-state index is 0.0363. The maximum atomic E-state index is 12.8. The van der Waals surface area contributed by atoms with Crippen molar-refractivity contribution in [1.82, 2.24) is 10.2 Å². The molecule has 1 saturated heterocycles. The fraction of sp³-hybridized carbons (Fsp3) is 0.292. The van der Waals surface area contributed by atoms with E-state index in [9.17, 15) is 9.59 Å². The highest BCUT2D eigenvalue weighted by molar-refractivity contribution is 8.26. The van der Waals surface area contributed by atoms with Gasteiger partial charge in [-0.2, -0.15) is 0 Å². The van der Waals surface area contributed by atoms with Gasteiger partial charge in [-0.1, -0.05) is 69.0 Å². The number of ether oxygens (including phenoxy) is 1. The topological polar surface area (TPSA) is 58.6 Å². The molecule has 0 aliphatic carbocycles. The fourth-order valence-electron chi connectivity index (χ4n) is 3.08. The number of nitrogens with zero attached hydrogens (tertiary/aromatic N) is 1. The molecule has 1 heterocycles. The summed E-state index contributed by atoms with van der Waals surface area (Å²) in [6, 6.07) is 15.1. The third kappa shape index (κ3) is 5.74. The molecule has 162 valence electrons. The Kier molecular flexibility index (Phi) is 7.18. The zero-order valence-electron chi connectivity index (χ0n) is 18.1. The molecule has 0 aromatic heterocycles. The summed E-state index contributed by atoms with van der Waals surface area (Å²) in [7, 11) is 1.60. The highest BCUT2D eigenvalue weighted by Gasteiger charge is 2.31. The first-order chi connectivity index (χ1) is 14.7. The number of hydrogen-bond donors (Lipinski definition) is 1. The predicted octanol–water partition coefficient (Wildman–Crippen LogP) is 4.62. The third-order valence-corrected chi connectivity index (χ3v) is 6.28. The van der Waals surface area contributed by atoms with Gasteiger partial charge in [-0.25, -0.2) is 0 Å². The Balaban J connectivity index is 1.58. The smallest absolute Gasteiger partial charge is 0.266 e. The van der Waals surface area contributed by atoms with Crippen molar-refractivity contribution in [2.24, 2.45) is 0 Å². The summed E-state index contributed by atoms with van der Waals surface area (Å²) in [5, 5.41) is 2.87. The summed E-state index contributed by atoms with van der Waals surface area (Å²) in [4.78, 5) is 27.3. The van der Waals surface area contributed by atoms with Crippen molar-refractivity contribution < 1.29 is 14.3 Å². The number of nitrogens with one attached hydrogen (secondary N) is 1. The average Bonchev–Trinajstić information content (AvgIpc) is 3.00. The maximum Gasteiger partial charge on any atom is 0.266 e. The van der Waals surface area contributed by atoms with Crippen LogP contribution in [0.25, 0.3) is 6.08 Å². The van der Waals surface area contributed by atoms with Crippen molar-refractivity contribution in [2.75, 3.05) is 20.2 Å². The zero-order valence-corrected chi connectivity index (χ0v) is 19.7. The summed E-state index contributed by atoms with van der Waals surface area (Å²) < 4.78 is 5.71. The van der Waals surface area contributed by atoms with Gasteiger partial charge in [-0.05, 0) is 46.9 Å². The number of methoxy groups -OCH3 is 1. The van der Waals surface area contributed by atoms with Crippen LogP contribution < -0.4 is 10.1 Å². The molecule has 0 atom stereocenters. The van der Waals surface area contributed by atoms with Crippen LogP contribution in [0.2, 0.25) is 0 Å². The predicted molar refractivity (Wildman–Crippen MR) is 130 cm³/mol. The van der Waals surface area contributed by atoms with Crippen LogP contribution in [0.5, 0.6) is 5.75 Å². The lowest BCUT2D eigenvalue weighted by atomic mass is 9.87. The van der Waals surface area contributed by atoms with E-state index in [2.05, 4.69) is 26.1 Å². The summed E-state index contributed by atoms with van der Waals surface area (Å²) in [6.45, 7) is 7.04. The minimum Gasteiger partial charge on any atom is -0.497 e. The summed E-state index contributed by atoms with van der Waals surface area (Å²) in [5.74, 6) is 0.405. The maximum absolute atomic E-state index is 12.8. The number of benzene rings is 2. The fourth-order valence-corrected chi connectivity index (χ4v) is 4.39. The van der Waals surface area contributed by atoms with Gasteiger partial charge >= 0.3 is 0 Å². The second-order valence-electron chi connectivity index (χ2n) is 8.19. The van der Waals surface area contributed by atoms with Crippen molar-refractivity contribution in [1.29, 1.82) is 0 Å².